The molecule has 2 aromatic carbocycles. The van der Waals surface area contributed by atoms with E-state index in [1.54, 1.807) is 0 Å². The number of carbonyl (C=O) groups is 1. The first-order chi connectivity index (χ1) is 13.9. The summed E-state index contributed by atoms with van der Waals surface area (Å²) < 4.78 is 2.74. The van der Waals surface area contributed by atoms with E-state index in [0.717, 1.165) is 28.1 Å². The van der Waals surface area contributed by atoms with Gasteiger partial charge in [-0.1, -0.05) is 35.0 Å². The van der Waals surface area contributed by atoms with E-state index in [-0.39, 0.29) is 18.0 Å². The number of aryl methyl sites for hydroxylation is 3. The first kappa shape index (κ1) is 18.5. The first-order valence-corrected chi connectivity index (χ1v) is 9.17. The molecule has 1 N–H and O–H groups in total. The zero-order valence-electron chi connectivity index (χ0n) is 16.4. The monoisotopic (exact) mass is 388 g/mol. The Morgan fingerprint density at radius 2 is 1.76 bits per heavy atom. The van der Waals surface area contributed by atoms with Crippen LogP contribution in [0.15, 0.2) is 53.6 Å². The highest BCUT2D eigenvalue weighted by molar-refractivity contribution is 5.91. The van der Waals surface area contributed by atoms with Crippen molar-refractivity contribution in [1.82, 2.24) is 24.5 Å². The second-order valence-electron chi connectivity index (χ2n) is 7.05. The van der Waals surface area contributed by atoms with Gasteiger partial charge in [-0.3, -0.25) is 14.2 Å². The van der Waals surface area contributed by atoms with Gasteiger partial charge in [0.05, 0.1) is 5.69 Å². The third-order valence-electron chi connectivity index (χ3n) is 4.69. The second kappa shape index (κ2) is 7.31. The lowest BCUT2D eigenvalue weighted by Crippen LogP contribution is -2.28. The van der Waals surface area contributed by atoms with Gasteiger partial charge >= 0.3 is 0 Å². The van der Waals surface area contributed by atoms with E-state index in [1.807, 2.05) is 63.2 Å². The van der Waals surface area contributed by atoms with E-state index in [9.17, 15) is 9.59 Å². The average Bonchev–Trinajstić information content (AvgIpc) is 3.12. The first-order valence-electron chi connectivity index (χ1n) is 9.17. The van der Waals surface area contributed by atoms with Crippen molar-refractivity contribution in [2.24, 2.45) is 0 Å². The molecule has 2 aromatic heterocycles. The van der Waals surface area contributed by atoms with Crippen LogP contribution in [0.3, 0.4) is 0 Å². The van der Waals surface area contributed by atoms with Gasteiger partial charge in [-0.2, -0.15) is 4.68 Å². The molecular formula is C21H20N6O2. The zero-order chi connectivity index (χ0) is 20.5. The van der Waals surface area contributed by atoms with Gasteiger partial charge in [0.1, 0.15) is 12.9 Å². The van der Waals surface area contributed by atoms with Crippen LogP contribution in [-0.4, -0.2) is 30.5 Å². The van der Waals surface area contributed by atoms with Crippen molar-refractivity contribution in [2.45, 2.75) is 27.3 Å². The van der Waals surface area contributed by atoms with Gasteiger partial charge < -0.3 is 5.32 Å². The summed E-state index contributed by atoms with van der Waals surface area (Å²) in [6.07, 6.45) is 1.35. The smallest absolute Gasteiger partial charge is 0.284 e. The summed E-state index contributed by atoms with van der Waals surface area (Å²) in [5, 5.41) is 10.9. The summed E-state index contributed by atoms with van der Waals surface area (Å²) in [6.45, 7) is 5.70. The predicted molar refractivity (Wildman–Crippen MR) is 110 cm³/mol. The van der Waals surface area contributed by atoms with Crippen molar-refractivity contribution < 1.29 is 4.79 Å². The highest BCUT2D eigenvalue weighted by Crippen LogP contribution is 2.16. The van der Waals surface area contributed by atoms with Crippen LogP contribution in [-0.2, 0) is 11.3 Å². The summed E-state index contributed by atoms with van der Waals surface area (Å²) in [7, 11) is 0. The summed E-state index contributed by atoms with van der Waals surface area (Å²) >= 11 is 0. The number of carbonyl (C=O) groups excluding carboxylic acids is 1. The number of nitrogens with zero attached hydrogens (tertiary/aromatic N) is 5. The molecule has 8 nitrogen and oxygen atoms in total. The lowest BCUT2D eigenvalue weighted by atomic mass is 10.1. The number of nitrogens with one attached hydrogen (secondary N) is 1. The second-order valence-corrected chi connectivity index (χ2v) is 7.05. The Morgan fingerprint density at radius 3 is 2.52 bits per heavy atom. The molecule has 0 saturated heterocycles. The van der Waals surface area contributed by atoms with Crippen LogP contribution < -0.4 is 10.9 Å². The normalized spacial score (nSPS) is 11.0. The molecular weight excluding hydrogens is 368 g/mol. The Labute approximate surface area is 166 Å². The maximum absolute atomic E-state index is 12.8. The maximum Gasteiger partial charge on any atom is 0.284 e. The summed E-state index contributed by atoms with van der Waals surface area (Å²) in [5.41, 5.74) is 4.65. The summed E-state index contributed by atoms with van der Waals surface area (Å²) in [6, 6.07) is 13.5. The average molecular weight is 388 g/mol. The maximum atomic E-state index is 12.8. The molecule has 0 aliphatic carbocycles. The summed E-state index contributed by atoms with van der Waals surface area (Å²) in [5.74, 6) is -0.312. The molecule has 0 aliphatic heterocycles. The SMILES string of the molecule is Cc1ccc(-n2nnc3c(=O)n(CC(=O)Nc4cc(C)ccc4C)cnc32)cc1. The molecule has 0 spiro atoms. The fourth-order valence-corrected chi connectivity index (χ4v) is 3.03. The van der Waals surface area contributed by atoms with Crippen molar-refractivity contribution in [2.75, 3.05) is 5.32 Å². The molecule has 8 heteroatoms. The molecule has 0 saturated carbocycles. The van der Waals surface area contributed by atoms with E-state index in [0.29, 0.717) is 5.65 Å². The predicted octanol–water partition coefficient (Wildman–Crippen LogP) is 2.54. The molecule has 0 unspecified atom stereocenters. The fourth-order valence-electron chi connectivity index (χ4n) is 3.03. The molecule has 0 radical (unpaired) electrons. The molecule has 0 aliphatic rings. The molecule has 146 valence electrons. The fraction of sp³-hybridized carbons (Fsp3) is 0.190. The quantitative estimate of drug-likeness (QED) is 0.580. The Hall–Kier alpha value is -3.81. The number of rotatable bonds is 4. The molecule has 1 amide bonds. The van der Waals surface area contributed by atoms with Gasteiger partial charge in [-0.15, -0.1) is 5.10 Å². The highest BCUT2D eigenvalue weighted by atomic mass is 16.2. The van der Waals surface area contributed by atoms with E-state index in [4.69, 9.17) is 0 Å². The molecule has 2 heterocycles. The molecule has 0 fully saturated rings. The Bertz CT molecular complexity index is 1270. The van der Waals surface area contributed by atoms with Gasteiger partial charge in [0, 0.05) is 5.69 Å². The van der Waals surface area contributed by atoms with Crippen LogP contribution in [0.1, 0.15) is 16.7 Å². The van der Waals surface area contributed by atoms with Crippen LogP contribution in [0.5, 0.6) is 0 Å². The van der Waals surface area contributed by atoms with Gasteiger partial charge in [0.15, 0.2) is 11.2 Å². The van der Waals surface area contributed by atoms with Crippen LogP contribution in [0.25, 0.3) is 16.9 Å². The van der Waals surface area contributed by atoms with Crippen LogP contribution in [0.4, 0.5) is 5.69 Å². The van der Waals surface area contributed by atoms with Crippen molar-refractivity contribution in [3.8, 4) is 5.69 Å². The number of fused-ring (bicyclic) bond motifs is 1. The lowest BCUT2D eigenvalue weighted by molar-refractivity contribution is -0.116. The van der Waals surface area contributed by atoms with Gasteiger partial charge in [-0.05, 0) is 50.1 Å². The number of amides is 1. The Morgan fingerprint density at radius 1 is 1.03 bits per heavy atom. The third kappa shape index (κ3) is 3.64. The topological polar surface area (TPSA) is 94.7 Å². The minimum Gasteiger partial charge on any atom is -0.324 e. The summed E-state index contributed by atoms with van der Waals surface area (Å²) in [4.78, 5) is 29.5. The largest absolute Gasteiger partial charge is 0.324 e. The van der Waals surface area contributed by atoms with E-state index in [2.05, 4.69) is 20.6 Å². The van der Waals surface area contributed by atoms with Crippen LogP contribution in [0.2, 0.25) is 0 Å². The van der Waals surface area contributed by atoms with Gasteiger partial charge in [0.25, 0.3) is 5.56 Å². The van der Waals surface area contributed by atoms with Crippen molar-refractivity contribution in [1.29, 1.82) is 0 Å². The lowest BCUT2D eigenvalue weighted by Gasteiger charge is -2.10. The number of aromatic nitrogens is 5. The minimum absolute atomic E-state index is 0.118. The number of anilines is 1. The van der Waals surface area contributed by atoms with E-state index in [1.165, 1.54) is 15.6 Å². The van der Waals surface area contributed by atoms with Crippen molar-refractivity contribution >= 4 is 22.8 Å². The zero-order valence-corrected chi connectivity index (χ0v) is 16.4. The molecule has 0 atom stereocenters. The standard InChI is InChI=1S/C21H20N6O2/c1-13-5-8-16(9-6-13)27-20-19(24-25-27)21(29)26(12-22-20)11-18(28)23-17-10-14(2)4-7-15(17)3/h4-10,12H,11H2,1-3H3,(H,23,28). The number of hydrogen-bond donors (Lipinski definition) is 1. The van der Waals surface area contributed by atoms with Gasteiger partial charge in [0.2, 0.25) is 5.91 Å². The Kier molecular flexibility index (Phi) is 4.67. The van der Waals surface area contributed by atoms with Crippen LogP contribution >= 0.6 is 0 Å². The van der Waals surface area contributed by atoms with Gasteiger partial charge in [-0.25, -0.2) is 4.98 Å². The van der Waals surface area contributed by atoms with Crippen molar-refractivity contribution in [3.63, 3.8) is 0 Å². The molecule has 29 heavy (non-hydrogen) atoms. The molecule has 4 rings (SSSR count). The number of hydrogen-bond acceptors (Lipinski definition) is 5. The third-order valence-corrected chi connectivity index (χ3v) is 4.69. The number of benzene rings is 2. The highest BCUT2D eigenvalue weighted by Gasteiger charge is 2.15. The molecule has 0 bridgehead atoms. The molecule has 4 aromatic rings. The minimum atomic E-state index is -0.413. The van der Waals surface area contributed by atoms with Crippen molar-refractivity contribution in [3.05, 3.63) is 75.8 Å². The van der Waals surface area contributed by atoms with Crippen LogP contribution in [0, 0.1) is 20.8 Å². The van der Waals surface area contributed by atoms with E-state index >= 15 is 0 Å². The Balaban J connectivity index is 1.61. The van der Waals surface area contributed by atoms with E-state index < -0.39 is 5.56 Å².